The molecule has 2 aromatic rings. The zero-order chi connectivity index (χ0) is 15.0. The first-order valence-electron chi connectivity index (χ1n) is 6.38. The van der Waals surface area contributed by atoms with Crippen molar-refractivity contribution in [2.24, 2.45) is 0 Å². The van der Waals surface area contributed by atoms with Crippen LogP contribution in [0.25, 0.3) is 0 Å². The molecule has 0 spiro atoms. The summed E-state index contributed by atoms with van der Waals surface area (Å²) in [6, 6.07) is 5.23. The van der Waals surface area contributed by atoms with Crippen LogP contribution in [0, 0.1) is 0 Å². The highest BCUT2D eigenvalue weighted by atomic mass is 79.9. The average Bonchev–Trinajstić information content (AvgIpc) is 3.08. The number of nitrogens with one attached hydrogen (secondary N) is 1. The molecule has 3 rings (SSSR count). The first kappa shape index (κ1) is 14.6. The normalized spacial score (nSPS) is 14.2. The Balaban J connectivity index is 1.99. The van der Waals surface area contributed by atoms with Crippen molar-refractivity contribution in [3.8, 4) is 5.75 Å². The van der Waals surface area contributed by atoms with Gasteiger partial charge in [0.15, 0.2) is 0 Å². The molecule has 0 aliphatic carbocycles. The van der Waals surface area contributed by atoms with Crippen LogP contribution in [-0.2, 0) is 23.0 Å². The monoisotopic (exact) mass is 371 g/mol. The molecule has 0 atom stereocenters. The SMILES string of the molecule is CN(Cc1ccn[nH]1)S(=O)(=O)c1cc(Br)cc2c1OCC2. The quantitative estimate of drug-likeness (QED) is 0.890. The third kappa shape index (κ3) is 2.70. The molecule has 1 N–H and O–H groups in total. The van der Waals surface area contributed by atoms with Gasteiger partial charge < -0.3 is 4.74 Å². The van der Waals surface area contributed by atoms with Crippen LogP contribution in [0.4, 0.5) is 0 Å². The Kier molecular flexibility index (Phi) is 3.76. The van der Waals surface area contributed by atoms with E-state index >= 15 is 0 Å². The lowest BCUT2D eigenvalue weighted by molar-refractivity contribution is 0.346. The van der Waals surface area contributed by atoms with E-state index in [9.17, 15) is 8.42 Å². The van der Waals surface area contributed by atoms with Gasteiger partial charge in [0.05, 0.1) is 18.8 Å². The summed E-state index contributed by atoms with van der Waals surface area (Å²) in [4.78, 5) is 0.200. The molecule has 0 saturated heterocycles. The van der Waals surface area contributed by atoms with Crippen molar-refractivity contribution in [1.29, 1.82) is 0 Å². The second-order valence-corrected chi connectivity index (χ2v) is 7.76. The van der Waals surface area contributed by atoms with Gasteiger partial charge in [0.2, 0.25) is 10.0 Å². The Bertz CT molecular complexity index is 759. The average molecular weight is 372 g/mol. The van der Waals surface area contributed by atoms with E-state index in [0.29, 0.717) is 12.4 Å². The standard InChI is InChI=1S/C13H14BrN3O3S/c1-17(8-11-2-4-15-16-11)21(18,19)12-7-10(14)6-9-3-5-20-13(9)12/h2,4,6-7H,3,5,8H2,1H3,(H,15,16). The van der Waals surface area contributed by atoms with Gasteiger partial charge in [-0.3, -0.25) is 5.10 Å². The first-order chi connectivity index (χ1) is 9.98. The summed E-state index contributed by atoms with van der Waals surface area (Å²) >= 11 is 3.36. The van der Waals surface area contributed by atoms with E-state index in [4.69, 9.17) is 4.74 Å². The number of H-pyrrole nitrogens is 1. The van der Waals surface area contributed by atoms with Crippen LogP contribution in [0.3, 0.4) is 0 Å². The lowest BCUT2D eigenvalue weighted by Gasteiger charge is -2.18. The second kappa shape index (κ2) is 5.43. The summed E-state index contributed by atoms with van der Waals surface area (Å²) in [5.41, 5.74) is 1.64. The molecule has 0 unspecified atom stereocenters. The van der Waals surface area contributed by atoms with Gasteiger partial charge in [-0.15, -0.1) is 0 Å². The number of benzene rings is 1. The third-order valence-corrected chi connectivity index (χ3v) is 5.62. The summed E-state index contributed by atoms with van der Waals surface area (Å²) in [5.74, 6) is 0.467. The van der Waals surface area contributed by atoms with Crippen LogP contribution in [-0.4, -0.2) is 36.6 Å². The van der Waals surface area contributed by atoms with Crippen LogP contribution in [0.1, 0.15) is 11.3 Å². The fourth-order valence-electron chi connectivity index (χ4n) is 2.29. The van der Waals surface area contributed by atoms with Crippen molar-refractivity contribution in [3.05, 3.63) is 40.1 Å². The van der Waals surface area contributed by atoms with E-state index in [1.54, 1.807) is 25.4 Å². The van der Waals surface area contributed by atoms with Crippen LogP contribution in [0.5, 0.6) is 5.75 Å². The number of halogens is 1. The highest BCUT2D eigenvalue weighted by molar-refractivity contribution is 9.10. The fourth-order valence-corrected chi connectivity index (χ4v) is 4.29. The molecule has 2 heterocycles. The molecule has 0 amide bonds. The Morgan fingerprint density at radius 2 is 2.29 bits per heavy atom. The van der Waals surface area contributed by atoms with E-state index in [1.807, 2.05) is 6.07 Å². The molecule has 0 fully saturated rings. The summed E-state index contributed by atoms with van der Waals surface area (Å²) in [6.45, 7) is 0.738. The zero-order valence-electron chi connectivity index (χ0n) is 11.3. The van der Waals surface area contributed by atoms with Gasteiger partial charge in [-0.25, -0.2) is 8.42 Å². The summed E-state index contributed by atoms with van der Waals surface area (Å²) < 4.78 is 33.1. The molecule has 112 valence electrons. The van der Waals surface area contributed by atoms with Gasteiger partial charge in [0.25, 0.3) is 0 Å². The molecule has 1 aromatic heterocycles. The maximum absolute atomic E-state index is 12.8. The Hall–Kier alpha value is -1.38. The van der Waals surface area contributed by atoms with E-state index in [0.717, 1.165) is 22.2 Å². The van der Waals surface area contributed by atoms with Crippen molar-refractivity contribution < 1.29 is 13.2 Å². The molecule has 21 heavy (non-hydrogen) atoms. The molecular formula is C13H14BrN3O3S. The molecule has 1 aliphatic rings. The molecule has 0 saturated carbocycles. The summed E-state index contributed by atoms with van der Waals surface area (Å²) in [5, 5.41) is 6.58. The predicted molar refractivity (Wildman–Crippen MR) is 80.6 cm³/mol. The van der Waals surface area contributed by atoms with Gasteiger partial charge in [-0.05, 0) is 18.2 Å². The van der Waals surface area contributed by atoms with Gasteiger partial charge in [0, 0.05) is 29.7 Å². The van der Waals surface area contributed by atoms with E-state index in [1.165, 1.54) is 4.31 Å². The van der Waals surface area contributed by atoms with Crippen LogP contribution in [0.2, 0.25) is 0 Å². The lowest BCUT2D eigenvalue weighted by atomic mass is 10.2. The number of hydrogen-bond acceptors (Lipinski definition) is 4. The van der Waals surface area contributed by atoms with Gasteiger partial charge in [0.1, 0.15) is 10.6 Å². The topological polar surface area (TPSA) is 75.3 Å². The first-order valence-corrected chi connectivity index (χ1v) is 8.61. The molecule has 8 heteroatoms. The van der Waals surface area contributed by atoms with Crippen molar-refractivity contribution in [2.75, 3.05) is 13.7 Å². The van der Waals surface area contributed by atoms with Crippen LogP contribution >= 0.6 is 15.9 Å². The second-order valence-electron chi connectivity index (χ2n) is 4.83. The zero-order valence-corrected chi connectivity index (χ0v) is 13.7. The number of aromatic nitrogens is 2. The Labute approximate surface area is 131 Å². The molecular weight excluding hydrogens is 358 g/mol. The minimum Gasteiger partial charge on any atom is -0.492 e. The number of hydrogen-bond donors (Lipinski definition) is 1. The van der Waals surface area contributed by atoms with Gasteiger partial charge in [-0.1, -0.05) is 15.9 Å². The van der Waals surface area contributed by atoms with Crippen LogP contribution in [0.15, 0.2) is 33.8 Å². The predicted octanol–water partition coefficient (Wildman–Crippen LogP) is 1.93. The highest BCUT2D eigenvalue weighted by Crippen LogP contribution is 2.37. The summed E-state index contributed by atoms with van der Waals surface area (Å²) in [7, 11) is -2.09. The number of sulfonamides is 1. The molecule has 1 aliphatic heterocycles. The number of aromatic amines is 1. The van der Waals surface area contributed by atoms with Crippen molar-refractivity contribution in [3.63, 3.8) is 0 Å². The highest BCUT2D eigenvalue weighted by Gasteiger charge is 2.29. The maximum Gasteiger partial charge on any atom is 0.246 e. The fraction of sp³-hybridized carbons (Fsp3) is 0.308. The smallest absolute Gasteiger partial charge is 0.246 e. The molecule has 1 aromatic carbocycles. The summed E-state index contributed by atoms with van der Waals surface area (Å²) in [6.07, 6.45) is 2.32. The number of nitrogens with zero attached hydrogens (tertiary/aromatic N) is 2. The van der Waals surface area contributed by atoms with Crippen molar-refractivity contribution in [2.45, 2.75) is 17.9 Å². The lowest BCUT2D eigenvalue weighted by Crippen LogP contribution is -2.27. The molecule has 0 radical (unpaired) electrons. The Morgan fingerprint density at radius 3 is 3.00 bits per heavy atom. The number of ether oxygens (including phenoxy) is 1. The number of rotatable bonds is 4. The minimum atomic E-state index is -3.63. The molecule has 0 bridgehead atoms. The van der Waals surface area contributed by atoms with Crippen molar-refractivity contribution in [1.82, 2.24) is 14.5 Å². The third-order valence-electron chi connectivity index (χ3n) is 3.35. The van der Waals surface area contributed by atoms with Gasteiger partial charge >= 0.3 is 0 Å². The van der Waals surface area contributed by atoms with E-state index < -0.39 is 10.0 Å². The molecule has 6 nitrogen and oxygen atoms in total. The van der Waals surface area contributed by atoms with Crippen molar-refractivity contribution >= 4 is 26.0 Å². The minimum absolute atomic E-state index is 0.200. The number of fused-ring (bicyclic) bond motifs is 1. The van der Waals surface area contributed by atoms with Gasteiger partial charge in [-0.2, -0.15) is 9.40 Å². The maximum atomic E-state index is 12.8. The largest absolute Gasteiger partial charge is 0.492 e. The Morgan fingerprint density at radius 1 is 1.48 bits per heavy atom. The van der Waals surface area contributed by atoms with E-state index in [2.05, 4.69) is 26.1 Å². The van der Waals surface area contributed by atoms with Crippen LogP contribution < -0.4 is 4.74 Å². The van der Waals surface area contributed by atoms with E-state index in [-0.39, 0.29) is 11.4 Å².